The molecule has 0 radical (unpaired) electrons. The third-order valence-electron chi connectivity index (χ3n) is 5.23. The van der Waals surface area contributed by atoms with E-state index in [1.54, 1.807) is 6.08 Å². The fraction of sp³-hybridized carbons (Fsp3) is 0.273. The number of piperazine rings is 1. The summed E-state index contributed by atoms with van der Waals surface area (Å²) in [7, 11) is 0. The summed E-state index contributed by atoms with van der Waals surface area (Å²) in [6.07, 6.45) is 3.89. The number of hydrogen-bond acceptors (Lipinski definition) is 4. The van der Waals surface area contributed by atoms with Crippen molar-refractivity contribution in [2.75, 3.05) is 42.9 Å². The maximum atomic E-state index is 12.6. The second kappa shape index (κ2) is 8.07. The van der Waals surface area contributed by atoms with Crippen LogP contribution in [0.3, 0.4) is 0 Å². The van der Waals surface area contributed by atoms with Crippen LogP contribution in [0.2, 0.25) is 5.02 Å². The highest BCUT2D eigenvalue weighted by Gasteiger charge is 2.21. The average Bonchev–Trinajstić information content (AvgIpc) is 2.72. The van der Waals surface area contributed by atoms with Crippen molar-refractivity contribution in [1.29, 1.82) is 0 Å². The molecular formula is C22H22ClN3O2. The molecule has 1 aliphatic heterocycles. The predicted octanol–water partition coefficient (Wildman–Crippen LogP) is 3.24. The largest absolute Gasteiger partial charge is 0.376 e. The van der Waals surface area contributed by atoms with Crippen molar-refractivity contribution in [1.82, 2.24) is 4.90 Å². The summed E-state index contributed by atoms with van der Waals surface area (Å²) in [5, 5.41) is 3.94. The number of anilines is 2. The molecule has 1 amide bonds. The Morgan fingerprint density at radius 1 is 1.00 bits per heavy atom. The number of amides is 1. The first-order valence-electron chi connectivity index (χ1n) is 9.44. The predicted molar refractivity (Wildman–Crippen MR) is 113 cm³/mol. The van der Waals surface area contributed by atoms with E-state index in [9.17, 15) is 9.59 Å². The van der Waals surface area contributed by atoms with Gasteiger partial charge < -0.3 is 15.1 Å². The van der Waals surface area contributed by atoms with E-state index in [0.717, 1.165) is 40.6 Å². The number of ketones is 1. The van der Waals surface area contributed by atoms with Crippen LogP contribution in [0.1, 0.15) is 11.1 Å². The lowest BCUT2D eigenvalue weighted by molar-refractivity contribution is -0.129. The number of nitrogens with one attached hydrogen (secondary N) is 1. The summed E-state index contributed by atoms with van der Waals surface area (Å²) in [6.45, 7) is 3.30. The molecule has 5 nitrogen and oxygen atoms in total. The van der Waals surface area contributed by atoms with Crippen LogP contribution in [0.5, 0.6) is 0 Å². The molecule has 1 aliphatic carbocycles. The van der Waals surface area contributed by atoms with Gasteiger partial charge in [0, 0.05) is 49.0 Å². The standard InChI is InChI=1S/C22H22ClN3O2/c23-18-3-6-20(7-4-18)25-9-11-26(12-10-25)22(28)15-24-19-5-1-17-14-21(27)8-2-16(17)13-19/h1-8,13,24H,9-12,14-15H2. The van der Waals surface area contributed by atoms with Gasteiger partial charge in [-0.1, -0.05) is 23.7 Å². The van der Waals surface area contributed by atoms with Gasteiger partial charge in [-0.05, 0) is 53.6 Å². The number of carbonyl (C=O) groups excluding carboxylic acids is 2. The second-order valence-electron chi connectivity index (χ2n) is 7.09. The molecule has 2 aromatic carbocycles. The first-order chi connectivity index (χ1) is 13.6. The monoisotopic (exact) mass is 395 g/mol. The van der Waals surface area contributed by atoms with Crippen LogP contribution >= 0.6 is 11.6 Å². The van der Waals surface area contributed by atoms with Crippen molar-refractivity contribution >= 4 is 40.7 Å². The Morgan fingerprint density at radius 2 is 1.75 bits per heavy atom. The Hall–Kier alpha value is -2.79. The molecule has 0 aromatic heterocycles. The highest BCUT2D eigenvalue weighted by molar-refractivity contribution is 6.30. The van der Waals surface area contributed by atoms with Gasteiger partial charge >= 0.3 is 0 Å². The Bertz CT molecular complexity index is 916. The molecule has 28 heavy (non-hydrogen) atoms. The molecule has 0 spiro atoms. The summed E-state index contributed by atoms with van der Waals surface area (Å²) in [6, 6.07) is 13.7. The van der Waals surface area contributed by atoms with Crippen LogP contribution in [0.15, 0.2) is 48.5 Å². The van der Waals surface area contributed by atoms with E-state index in [1.807, 2.05) is 53.4 Å². The van der Waals surface area contributed by atoms with Crippen molar-refractivity contribution in [3.8, 4) is 0 Å². The molecule has 2 aromatic rings. The molecule has 1 heterocycles. The summed E-state index contributed by atoms with van der Waals surface area (Å²) in [5.41, 5.74) is 4.09. The lowest BCUT2D eigenvalue weighted by Gasteiger charge is -2.36. The number of hydrogen-bond donors (Lipinski definition) is 1. The van der Waals surface area contributed by atoms with Crippen molar-refractivity contribution in [2.45, 2.75) is 6.42 Å². The van der Waals surface area contributed by atoms with Crippen LogP contribution in [0, 0.1) is 0 Å². The SMILES string of the molecule is O=C1C=Cc2cc(NCC(=O)N3CCN(c4ccc(Cl)cc4)CC3)ccc2C1. The zero-order chi connectivity index (χ0) is 19.5. The van der Waals surface area contributed by atoms with Crippen LogP contribution in [-0.2, 0) is 16.0 Å². The first kappa shape index (κ1) is 18.6. The number of halogens is 1. The van der Waals surface area contributed by atoms with Gasteiger partial charge in [-0.25, -0.2) is 0 Å². The van der Waals surface area contributed by atoms with E-state index in [-0.39, 0.29) is 18.2 Å². The lowest BCUT2D eigenvalue weighted by atomic mass is 9.96. The van der Waals surface area contributed by atoms with Gasteiger partial charge in [0.15, 0.2) is 5.78 Å². The fourth-order valence-corrected chi connectivity index (χ4v) is 3.73. The number of benzene rings is 2. The minimum Gasteiger partial charge on any atom is -0.376 e. The van der Waals surface area contributed by atoms with E-state index in [4.69, 9.17) is 11.6 Å². The molecule has 0 unspecified atom stereocenters. The van der Waals surface area contributed by atoms with Crippen molar-refractivity contribution in [3.05, 3.63) is 64.7 Å². The second-order valence-corrected chi connectivity index (χ2v) is 7.52. The molecule has 144 valence electrons. The van der Waals surface area contributed by atoms with E-state index in [0.29, 0.717) is 19.5 Å². The summed E-state index contributed by atoms with van der Waals surface area (Å²) in [4.78, 5) is 28.2. The topological polar surface area (TPSA) is 52.7 Å². The van der Waals surface area contributed by atoms with E-state index >= 15 is 0 Å². The highest BCUT2D eigenvalue weighted by atomic mass is 35.5. The van der Waals surface area contributed by atoms with Crippen LogP contribution < -0.4 is 10.2 Å². The van der Waals surface area contributed by atoms with Gasteiger partial charge in [-0.15, -0.1) is 0 Å². The molecule has 0 atom stereocenters. The van der Waals surface area contributed by atoms with Crippen LogP contribution in [0.4, 0.5) is 11.4 Å². The number of carbonyl (C=O) groups is 2. The molecule has 1 fully saturated rings. The summed E-state index contributed by atoms with van der Waals surface area (Å²) in [5.74, 6) is 0.223. The third-order valence-corrected chi connectivity index (χ3v) is 5.48. The molecule has 6 heteroatoms. The number of nitrogens with zero attached hydrogens (tertiary/aromatic N) is 2. The number of rotatable bonds is 4. The van der Waals surface area contributed by atoms with Gasteiger partial charge in [-0.3, -0.25) is 9.59 Å². The zero-order valence-corrected chi connectivity index (χ0v) is 16.3. The first-order valence-corrected chi connectivity index (χ1v) is 9.82. The van der Waals surface area contributed by atoms with Crippen LogP contribution in [-0.4, -0.2) is 49.3 Å². The quantitative estimate of drug-likeness (QED) is 0.863. The smallest absolute Gasteiger partial charge is 0.241 e. The molecule has 4 rings (SSSR count). The van der Waals surface area contributed by atoms with Gasteiger partial charge in [0.25, 0.3) is 0 Å². The zero-order valence-electron chi connectivity index (χ0n) is 15.5. The summed E-state index contributed by atoms with van der Waals surface area (Å²) >= 11 is 5.95. The average molecular weight is 396 g/mol. The summed E-state index contributed by atoms with van der Waals surface area (Å²) < 4.78 is 0. The molecule has 2 aliphatic rings. The lowest BCUT2D eigenvalue weighted by Crippen LogP contribution is -2.50. The Balaban J connectivity index is 1.29. The molecule has 0 bridgehead atoms. The van der Waals surface area contributed by atoms with Crippen molar-refractivity contribution in [3.63, 3.8) is 0 Å². The highest BCUT2D eigenvalue weighted by Crippen LogP contribution is 2.22. The minimum atomic E-state index is 0.0965. The van der Waals surface area contributed by atoms with E-state index in [1.165, 1.54) is 0 Å². The molecule has 1 saturated heterocycles. The Kier molecular flexibility index (Phi) is 5.35. The Labute approximate surface area is 169 Å². The fourth-order valence-electron chi connectivity index (χ4n) is 3.61. The Morgan fingerprint density at radius 3 is 2.50 bits per heavy atom. The van der Waals surface area contributed by atoms with E-state index < -0.39 is 0 Å². The maximum Gasteiger partial charge on any atom is 0.241 e. The molecule has 0 saturated carbocycles. The van der Waals surface area contributed by atoms with Crippen molar-refractivity contribution in [2.24, 2.45) is 0 Å². The molecular weight excluding hydrogens is 374 g/mol. The molecule has 1 N–H and O–H groups in total. The number of allylic oxidation sites excluding steroid dienone is 1. The van der Waals surface area contributed by atoms with Gasteiger partial charge in [-0.2, -0.15) is 0 Å². The van der Waals surface area contributed by atoms with Gasteiger partial charge in [0.2, 0.25) is 5.91 Å². The third kappa shape index (κ3) is 4.20. The van der Waals surface area contributed by atoms with Crippen LogP contribution in [0.25, 0.3) is 6.08 Å². The van der Waals surface area contributed by atoms with Gasteiger partial charge in [0.1, 0.15) is 0 Å². The maximum absolute atomic E-state index is 12.6. The number of fused-ring (bicyclic) bond motifs is 1. The normalized spacial score (nSPS) is 16.1. The van der Waals surface area contributed by atoms with Gasteiger partial charge in [0.05, 0.1) is 6.54 Å². The van der Waals surface area contributed by atoms with Crippen molar-refractivity contribution < 1.29 is 9.59 Å². The van der Waals surface area contributed by atoms with E-state index in [2.05, 4.69) is 10.2 Å². The minimum absolute atomic E-state index is 0.0965.